The van der Waals surface area contributed by atoms with Crippen molar-refractivity contribution in [1.29, 1.82) is 0 Å². The van der Waals surface area contributed by atoms with Crippen LogP contribution in [0.3, 0.4) is 0 Å². The summed E-state index contributed by atoms with van der Waals surface area (Å²) in [6.45, 7) is 4.70. The van der Waals surface area contributed by atoms with E-state index in [4.69, 9.17) is 0 Å². The molecule has 0 saturated heterocycles. The number of carbonyl (C=O) groups excluding carboxylic acids is 1. The molecule has 2 heterocycles. The van der Waals surface area contributed by atoms with E-state index in [2.05, 4.69) is 20.3 Å². The normalized spacial score (nSPS) is 11.2. The van der Waals surface area contributed by atoms with Gasteiger partial charge in [0.25, 0.3) is 0 Å². The molecule has 2 aromatic heterocycles. The van der Waals surface area contributed by atoms with E-state index in [1.807, 2.05) is 13.8 Å². The summed E-state index contributed by atoms with van der Waals surface area (Å²) >= 11 is 0. The second-order valence-corrected chi connectivity index (χ2v) is 5.85. The van der Waals surface area contributed by atoms with E-state index in [1.165, 1.54) is 18.6 Å². The highest BCUT2D eigenvalue weighted by molar-refractivity contribution is 6.18. The van der Waals surface area contributed by atoms with Gasteiger partial charge >= 0.3 is 0 Å². The van der Waals surface area contributed by atoms with Crippen LogP contribution in [0.1, 0.15) is 29.8 Å². The van der Waals surface area contributed by atoms with Crippen LogP contribution in [0.25, 0.3) is 11.0 Å². The zero-order chi connectivity index (χ0) is 17.3. The monoisotopic (exact) mass is 330 g/mol. The maximum Gasteiger partial charge on any atom is 0.201 e. The molecule has 2 N–H and O–H groups in total. The fourth-order valence-corrected chi connectivity index (χ4v) is 2.43. The van der Waals surface area contributed by atoms with Gasteiger partial charge in [-0.2, -0.15) is 0 Å². The van der Waals surface area contributed by atoms with Crippen molar-refractivity contribution in [2.24, 2.45) is 5.92 Å². The fraction of sp³-hybridized carbons (Fsp3) is 0.235. The predicted molar refractivity (Wildman–Crippen MR) is 87.0 cm³/mol. The molecule has 5 nitrogen and oxygen atoms in total. The highest BCUT2D eigenvalue weighted by atomic mass is 19.1. The molecule has 0 saturated carbocycles. The molecular formula is C17H16F2N4O. The third-order valence-corrected chi connectivity index (χ3v) is 3.58. The maximum atomic E-state index is 13.9. The summed E-state index contributed by atoms with van der Waals surface area (Å²) in [4.78, 5) is 23.7. The Morgan fingerprint density at radius 3 is 2.62 bits per heavy atom. The standard InChI is InChI=1S/C17H16F2N4O/c1-9(2)6-20-16-13-10(7-21-17(13)23-8-22-16)15(24)14-11(18)4-3-5-12(14)19/h3-5,7-9H,6H2,1-2H3,(H2,20,21,22,23). The highest BCUT2D eigenvalue weighted by Gasteiger charge is 2.23. The molecule has 124 valence electrons. The smallest absolute Gasteiger partial charge is 0.201 e. The number of rotatable bonds is 5. The molecule has 0 aliphatic rings. The molecule has 0 amide bonds. The van der Waals surface area contributed by atoms with Crippen LogP contribution in [0, 0.1) is 17.6 Å². The fourth-order valence-electron chi connectivity index (χ4n) is 2.43. The molecular weight excluding hydrogens is 314 g/mol. The Morgan fingerprint density at radius 1 is 1.25 bits per heavy atom. The maximum absolute atomic E-state index is 13.9. The Labute approximate surface area is 137 Å². The molecule has 0 bridgehead atoms. The molecule has 0 radical (unpaired) electrons. The summed E-state index contributed by atoms with van der Waals surface area (Å²) in [5, 5.41) is 3.56. The third kappa shape index (κ3) is 2.84. The van der Waals surface area contributed by atoms with Crippen LogP contribution in [-0.4, -0.2) is 27.3 Å². The average molecular weight is 330 g/mol. The molecule has 0 atom stereocenters. The van der Waals surface area contributed by atoms with Gasteiger partial charge in [-0.15, -0.1) is 0 Å². The number of carbonyl (C=O) groups is 1. The zero-order valence-electron chi connectivity index (χ0n) is 13.2. The molecule has 0 fully saturated rings. The van der Waals surface area contributed by atoms with Gasteiger partial charge in [-0.05, 0) is 18.1 Å². The topological polar surface area (TPSA) is 70.7 Å². The Balaban J connectivity index is 2.11. The summed E-state index contributed by atoms with van der Waals surface area (Å²) in [6, 6.07) is 3.33. The van der Waals surface area contributed by atoms with E-state index in [0.717, 1.165) is 12.1 Å². The van der Waals surface area contributed by atoms with Crippen LogP contribution in [0.2, 0.25) is 0 Å². The van der Waals surface area contributed by atoms with E-state index in [0.29, 0.717) is 29.3 Å². The lowest BCUT2D eigenvalue weighted by molar-refractivity contribution is 0.103. The van der Waals surface area contributed by atoms with Crippen LogP contribution in [0.4, 0.5) is 14.6 Å². The minimum atomic E-state index is -0.900. The number of anilines is 1. The first kappa shape index (κ1) is 16.0. The molecule has 1 aromatic carbocycles. The minimum absolute atomic E-state index is 0.126. The van der Waals surface area contributed by atoms with Gasteiger partial charge in [0.15, 0.2) is 0 Å². The van der Waals surface area contributed by atoms with Gasteiger partial charge in [-0.1, -0.05) is 19.9 Å². The van der Waals surface area contributed by atoms with Crippen LogP contribution in [0.5, 0.6) is 0 Å². The van der Waals surface area contributed by atoms with Crippen molar-refractivity contribution < 1.29 is 13.6 Å². The van der Waals surface area contributed by atoms with Gasteiger partial charge in [0.1, 0.15) is 29.4 Å². The Hall–Kier alpha value is -2.83. The molecule has 3 aromatic rings. The van der Waals surface area contributed by atoms with Crippen LogP contribution < -0.4 is 5.32 Å². The average Bonchev–Trinajstić information content (AvgIpc) is 2.97. The van der Waals surface area contributed by atoms with Crippen molar-refractivity contribution >= 4 is 22.6 Å². The largest absolute Gasteiger partial charge is 0.369 e. The quantitative estimate of drug-likeness (QED) is 0.702. The van der Waals surface area contributed by atoms with Crippen LogP contribution in [0.15, 0.2) is 30.7 Å². The molecule has 24 heavy (non-hydrogen) atoms. The van der Waals surface area contributed by atoms with Crippen LogP contribution >= 0.6 is 0 Å². The van der Waals surface area contributed by atoms with E-state index in [-0.39, 0.29) is 5.56 Å². The second kappa shape index (κ2) is 6.35. The number of nitrogens with zero attached hydrogens (tertiary/aromatic N) is 2. The number of aromatic amines is 1. The summed E-state index contributed by atoms with van der Waals surface area (Å²) in [5.74, 6) is -1.74. The van der Waals surface area contributed by atoms with Crippen molar-refractivity contribution in [3.63, 3.8) is 0 Å². The molecule has 3 rings (SSSR count). The van der Waals surface area contributed by atoms with E-state index in [9.17, 15) is 13.6 Å². The zero-order valence-corrected chi connectivity index (χ0v) is 13.2. The number of hydrogen-bond acceptors (Lipinski definition) is 4. The summed E-state index contributed by atoms with van der Waals surface area (Å²) in [7, 11) is 0. The highest BCUT2D eigenvalue weighted by Crippen LogP contribution is 2.27. The number of halogens is 2. The Kier molecular flexibility index (Phi) is 4.24. The van der Waals surface area contributed by atoms with Gasteiger partial charge in [0, 0.05) is 12.7 Å². The molecule has 7 heteroatoms. The van der Waals surface area contributed by atoms with Crippen molar-refractivity contribution in [3.05, 3.63) is 53.5 Å². The first-order valence-corrected chi connectivity index (χ1v) is 7.53. The van der Waals surface area contributed by atoms with Crippen molar-refractivity contribution in [2.75, 3.05) is 11.9 Å². The van der Waals surface area contributed by atoms with Gasteiger partial charge in [-0.25, -0.2) is 18.7 Å². The number of ketones is 1. The lowest BCUT2D eigenvalue weighted by Gasteiger charge is -2.10. The number of nitrogens with one attached hydrogen (secondary N) is 2. The Morgan fingerprint density at radius 2 is 1.96 bits per heavy atom. The van der Waals surface area contributed by atoms with Gasteiger partial charge in [-0.3, -0.25) is 4.79 Å². The minimum Gasteiger partial charge on any atom is -0.369 e. The van der Waals surface area contributed by atoms with E-state index in [1.54, 1.807) is 0 Å². The number of aromatic nitrogens is 3. The van der Waals surface area contributed by atoms with E-state index < -0.39 is 23.0 Å². The summed E-state index contributed by atoms with van der Waals surface area (Å²) in [6.07, 6.45) is 2.76. The summed E-state index contributed by atoms with van der Waals surface area (Å²) < 4.78 is 27.9. The van der Waals surface area contributed by atoms with Gasteiger partial charge in [0.05, 0.1) is 16.5 Å². The van der Waals surface area contributed by atoms with E-state index >= 15 is 0 Å². The SMILES string of the molecule is CC(C)CNc1ncnc2[nH]cc(C(=O)c3c(F)cccc3F)c12. The number of hydrogen-bond donors (Lipinski definition) is 2. The van der Waals surface area contributed by atoms with Crippen molar-refractivity contribution in [1.82, 2.24) is 15.0 Å². The first-order valence-electron chi connectivity index (χ1n) is 7.53. The number of fused-ring (bicyclic) bond motifs is 1. The molecule has 0 unspecified atom stereocenters. The van der Waals surface area contributed by atoms with Gasteiger partial charge < -0.3 is 10.3 Å². The number of H-pyrrole nitrogens is 1. The lowest BCUT2D eigenvalue weighted by Crippen LogP contribution is -2.11. The van der Waals surface area contributed by atoms with Crippen molar-refractivity contribution in [3.8, 4) is 0 Å². The first-order chi connectivity index (χ1) is 11.5. The predicted octanol–water partition coefficient (Wildman–Crippen LogP) is 3.54. The van der Waals surface area contributed by atoms with Crippen LogP contribution in [-0.2, 0) is 0 Å². The molecule has 0 aliphatic heterocycles. The number of benzene rings is 1. The third-order valence-electron chi connectivity index (χ3n) is 3.58. The Bertz CT molecular complexity index is 884. The van der Waals surface area contributed by atoms with Gasteiger partial charge in [0.2, 0.25) is 5.78 Å². The second-order valence-electron chi connectivity index (χ2n) is 5.85. The molecule has 0 spiro atoms. The van der Waals surface area contributed by atoms with Crippen molar-refractivity contribution in [2.45, 2.75) is 13.8 Å². The molecule has 0 aliphatic carbocycles. The summed E-state index contributed by atoms with van der Waals surface area (Å²) in [5.41, 5.74) is -0.0331. The lowest BCUT2D eigenvalue weighted by atomic mass is 10.0.